The number of aryl methyl sites for hydroxylation is 2. The molecule has 0 saturated carbocycles. The van der Waals surface area contributed by atoms with E-state index in [2.05, 4.69) is 39.1 Å². The van der Waals surface area contributed by atoms with Crippen LogP contribution in [0.15, 0.2) is 18.2 Å². The van der Waals surface area contributed by atoms with E-state index in [0.29, 0.717) is 0 Å². The largest absolute Gasteiger partial charge is 0.369 e. The van der Waals surface area contributed by atoms with Crippen LogP contribution in [0.25, 0.3) is 0 Å². The first kappa shape index (κ1) is 13.1. The third-order valence-corrected chi connectivity index (χ3v) is 4.32. The Hall–Kier alpha value is -1.35. The zero-order valence-corrected chi connectivity index (χ0v) is 11.6. The van der Waals surface area contributed by atoms with Gasteiger partial charge in [-0.15, -0.1) is 0 Å². The monoisotopic (exact) mass is 247 g/mol. The van der Waals surface area contributed by atoms with Crippen molar-refractivity contribution in [2.24, 2.45) is 11.7 Å². The summed E-state index contributed by atoms with van der Waals surface area (Å²) in [7, 11) is 2.27. The maximum atomic E-state index is 11.3. The lowest BCUT2D eigenvalue weighted by Gasteiger charge is -2.41. The topological polar surface area (TPSA) is 43.1 Å². The van der Waals surface area contributed by atoms with Crippen LogP contribution in [0.4, 0.5) is 5.69 Å². The second-order valence-corrected chi connectivity index (χ2v) is 5.76. The van der Waals surface area contributed by atoms with Crippen LogP contribution < -0.4 is 10.2 Å². The molecule has 3 nitrogen and oxygen atoms in total. The molecule has 1 aromatic rings. The maximum Gasteiger partial charge on any atom is 0.220 e. The maximum absolute atomic E-state index is 11.3. The van der Waals surface area contributed by atoms with Crippen molar-refractivity contribution in [2.45, 2.75) is 26.7 Å². The van der Waals surface area contributed by atoms with Crippen LogP contribution in [0.1, 0.15) is 24.0 Å². The van der Waals surface area contributed by atoms with E-state index in [-0.39, 0.29) is 11.8 Å². The van der Waals surface area contributed by atoms with Crippen LogP contribution in [0, 0.1) is 19.8 Å². The van der Waals surface area contributed by atoms with Crippen molar-refractivity contribution in [3.63, 3.8) is 0 Å². The number of piperidine rings is 1. The Morgan fingerprint density at radius 2 is 1.72 bits per heavy atom. The summed E-state index contributed by atoms with van der Waals surface area (Å²) in [5, 5.41) is 0. The fourth-order valence-electron chi connectivity index (χ4n) is 3.30. The van der Waals surface area contributed by atoms with E-state index in [1.165, 1.54) is 16.8 Å². The smallest absolute Gasteiger partial charge is 0.220 e. The summed E-state index contributed by atoms with van der Waals surface area (Å²) >= 11 is 0. The quantitative estimate of drug-likeness (QED) is 0.799. The number of quaternary nitrogens is 1. The Morgan fingerprint density at radius 3 is 2.17 bits per heavy atom. The van der Waals surface area contributed by atoms with Crippen LogP contribution >= 0.6 is 0 Å². The highest BCUT2D eigenvalue weighted by Gasteiger charge is 2.35. The molecular weight excluding hydrogens is 224 g/mol. The van der Waals surface area contributed by atoms with E-state index in [4.69, 9.17) is 5.73 Å². The molecule has 18 heavy (non-hydrogen) atoms. The molecule has 0 atom stereocenters. The van der Waals surface area contributed by atoms with Gasteiger partial charge in [0, 0.05) is 29.9 Å². The summed E-state index contributed by atoms with van der Waals surface area (Å²) in [6, 6.07) is 6.45. The molecule has 1 fully saturated rings. The van der Waals surface area contributed by atoms with E-state index in [9.17, 15) is 4.79 Å². The van der Waals surface area contributed by atoms with Gasteiger partial charge in [0.25, 0.3) is 0 Å². The summed E-state index contributed by atoms with van der Waals surface area (Å²) in [6.07, 6.45) is 1.80. The molecule has 1 aliphatic rings. The van der Waals surface area contributed by atoms with Crippen molar-refractivity contribution in [1.29, 1.82) is 0 Å². The van der Waals surface area contributed by atoms with Crippen LogP contribution in [-0.4, -0.2) is 26.0 Å². The molecule has 2 rings (SSSR count). The van der Waals surface area contributed by atoms with Crippen LogP contribution in [0.3, 0.4) is 0 Å². The Morgan fingerprint density at radius 1 is 1.22 bits per heavy atom. The lowest BCUT2D eigenvalue weighted by molar-refractivity contribution is -0.123. The predicted molar refractivity (Wildman–Crippen MR) is 75.3 cm³/mol. The summed E-state index contributed by atoms with van der Waals surface area (Å²) < 4.78 is 0.933. The van der Waals surface area contributed by atoms with Gasteiger partial charge in [-0.05, 0) is 13.8 Å². The van der Waals surface area contributed by atoms with E-state index in [1.54, 1.807) is 0 Å². The van der Waals surface area contributed by atoms with E-state index < -0.39 is 0 Å². The van der Waals surface area contributed by atoms with Gasteiger partial charge in [0.2, 0.25) is 5.91 Å². The number of rotatable bonds is 2. The number of carbonyl (C=O) groups is 1. The highest BCUT2D eigenvalue weighted by Crippen LogP contribution is 2.34. The molecular formula is C15H23N2O+. The minimum absolute atomic E-state index is 0.0699. The Bertz CT molecular complexity index is 439. The molecule has 0 bridgehead atoms. The highest BCUT2D eigenvalue weighted by molar-refractivity contribution is 5.77. The van der Waals surface area contributed by atoms with E-state index >= 15 is 0 Å². The molecule has 98 valence electrons. The lowest BCUT2D eigenvalue weighted by atomic mass is 9.92. The first-order valence-corrected chi connectivity index (χ1v) is 6.65. The second-order valence-electron chi connectivity index (χ2n) is 5.76. The van der Waals surface area contributed by atoms with Gasteiger partial charge in [-0.3, -0.25) is 9.28 Å². The Kier molecular flexibility index (Phi) is 3.44. The van der Waals surface area contributed by atoms with Crippen LogP contribution in [-0.2, 0) is 4.79 Å². The third kappa shape index (κ3) is 2.27. The minimum atomic E-state index is -0.136. The zero-order valence-electron chi connectivity index (χ0n) is 11.6. The molecule has 0 radical (unpaired) electrons. The van der Waals surface area contributed by atoms with Gasteiger partial charge in [-0.25, -0.2) is 0 Å². The van der Waals surface area contributed by atoms with Gasteiger partial charge in [0.1, 0.15) is 5.69 Å². The molecule has 1 aromatic carbocycles. The number of amides is 1. The molecule has 1 amide bonds. The Balaban J connectivity index is 2.26. The van der Waals surface area contributed by atoms with Crippen molar-refractivity contribution in [3.05, 3.63) is 29.3 Å². The first-order valence-electron chi connectivity index (χ1n) is 6.65. The molecule has 0 spiro atoms. The van der Waals surface area contributed by atoms with E-state index in [1.807, 2.05) is 0 Å². The lowest BCUT2D eigenvalue weighted by Crippen LogP contribution is -2.53. The van der Waals surface area contributed by atoms with Crippen molar-refractivity contribution in [2.75, 3.05) is 20.1 Å². The number of benzene rings is 1. The van der Waals surface area contributed by atoms with Crippen LogP contribution in [0.2, 0.25) is 0 Å². The number of hydrogen-bond donors (Lipinski definition) is 1. The Labute approximate surface area is 109 Å². The number of hydrogen-bond acceptors (Lipinski definition) is 1. The molecule has 3 heteroatoms. The number of carbonyl (C=O) groups excluding carboxylic acids is 1. The van der Waals surface area contributed by atoms with E-state index in [0.717, 1.165) is 30.4 Å². The number of likely N-dealkylation sites (tertiary alicyclic amines) is 1. The number of nitrogens with two attached hydrogens (primary N) is 1. The average molecular weight is 247 g/mol. The number of para-hydroxylation sites is 1. The zero-order chi connectivity index (χ0) is 13.3. The number of nitrogens with zero attached hydrogens (tertiary/aromatic N) is 1. The molecule has 0 unspecified atom stereocenters. The molecule has 0 aliphatic carbocycles. The molecule has 0 aromatic heterocycles. The SMILES string of the molecule is Cc1cccc(C)c1[N+]1(C)CCC(C(N)=O)CC1. The standard InChI is InChI=1S/C15H22N2O/c1-11-5-4-6-12(2)14(11)17(3)9-7-13(8-10-17)15(16)18/h4-6,13H,7-10H2,1-3H3,(H-,16,18)/p+1. The van der Waals surface area contributed by atoms with Crippen LogP contribution in [0.5, 0.6) is 0 Å². The highest BCUT2D eigenvalue weighted by atomic mass is 16.1. The summed E-state index contributed by atoms with van der Waals surface area (Å²) in [4.78, 5) is 11.3. The average Bonchev–Trinajstić information content (AvgIpc) is 2.29. The van der Waals surface area contributed by atoms with Gasteiger partial charge in [-0.1, -0.05) is 18.2 Å². The number of primary amides is 1. The van der Waals surface area contributed by atoms with Crippen molar-refractivity contribution < 1.29 is 4.79 Å². The van der Waals surface area contributed by atoms with Gasteiger partial charge in [-0.2, -0.15) is 0 Å². The molecule has 1 aliphatic heterocycles. The predicted octanol–water partition coefficient (Wildman–Crippen LogP) is 2.14. The summed E-state index contributed by atoms with van der Waals surface area (Å²) in [5.74, 6) is -0.0664. The van der Waals surface area contributed by atoms with Gasteiger partial charge >= 0.3 is 0 Å². The van der Waals surface area contributed by atoms with Gasteiger partial charge in [0.15, 0.2) is 0 Å². The van der Waals surface area contributed by atoms with Crippen molar-refractivity contribution in [1.82, 2.24) is 4.48 Å². The molecule has 1 saturated heterocycles. The fourth-order valence-corrected chi connectivity index (χ4v) is 3.30. The second kappa shape index (κ2) is 4.73. The molecule has 2 N–H and O–H groups in total. The summed E-state index contributed by atoms with van der Waals surface area (Å²) in [6.45, 7) is 6.34. The van der Waals surface area contributed by atoms with Crippen molar-refractivity contribution >= 4 is 11.6 Å². The molecule has 1 heterocycles. The minimum Gasteiger partial charge on any atom is -0.369 e. The van der Waals surface area contributed by atoms with Crippen molar-refractivity contribution in [3.8, 4) is 0 Å². The van der Waals surface area contributed by atoms with Gasteiger partial charge < -0.3 is 5.73 Å². The third-order valence-electron chi connectivity index (χ3n) is 4.32. The fraction of sp³-hybridized carbons (Fsp3) is 0.533. The first-order chi connectivity index (χ1) is 8.44. The normalized spacial score (nSPS) is 28.1. The van der Waals surface area contributed by atoms with Gasteiger partial charge in [0.05, 0.1) is 20.1 Å². The summed E-state index contributed by atoms with van der Waals surface area (Å²) in [5.41, 5.74) is 9.51.